The van der Waals surface area contributed by atoms with E-state index in [4.69, 9.17) is 17.1 Å². The Balaban J connectivity index is 1.84. The highest BCUT2D eigenvalue weighted by Crippen LogP contribution is 2.32. The molecule has 0 aliphatic rings. The maximum atomic E-state index is 5.74. The lowest BCUT2D eigenvalue weighted by molar-refractivity contribution is 0.404. The molecule has 0 bridgehead atoms. The van der Waals surface area contributed by atoms with Crippen molar-refractivity contribution in [1.29, 1.82) is 0 Å². The molecule has 1 aromatic heterocycles. The van der Waals surface area contributed by atoms with Crippen molar-refractivity contribution >= 4 is 42.0 Å². The third kappa shape index (κ3) is 2.92. The third-order valence-corrected chi connectivity index (χ3v) is 4.22. The van der Waals surface area contributed by atoms with E-state index in [2.05, 4.69) is 28.9 Å². The van der Waals surface area contributed by atoms with Gasteiger partial charge in [0.25, 0.3) is 0 Å². The fraction of sp³-hybridized carbons (Fsp3) is 0.188. The Bertz CT molecular complexity index is 804. The normalized spacial score (nSPS) is 10.8. The van der Waals surface area contributed by atoms with Crippen molar-refractivity contribution in [1.82, 2.24) is 5.16 Å². The summed E-state index contributed by atoms with van der Waals surface area (Å²) in [7, 11) is 7.40. The molecule has 0 aliphatic heterocycles. The molecule has 22 heavy (non-hydrogen) atoms. The molecule has 0 atom stereocenters. The van der Waals surface area contributed by atoms with Gasteiger partial charge in [-0.05, 0) is 48.2 Å². The molecule has 0 saturated heterocycles. The zero-order valence-corrected chi connectivity index (χ0v) is 13.2. The summed E-state index contributed by atoms with van der Waals surface area (Å²) in [5.41, 5.74) is 2.57. The average Bonchev–Trinajstić information content (AvgIpc) is 2.94. The lowest BCUT2D eigenvalue weighted by Gasteiger charge is -2.09. The predicted molar refractivity (Wildman–Crippen MR) is 91.2 cm³/mol. The Hall–Kier alpha value is -2.08. The van der Waals surface area contributed by atoms with Crippen LogP contribution in [0.1, 0.15) is 12.5 Å². The van der Waals surface area contributed by atoms with E-state index < -0.39 is 0 Å². The lowest BCUT2D eigenvalue weighted by Crippen LogP contribution is -1.99. The first kappa shape index (κ1) is 14.8. The molecule has 3 aromatic rings. The van der Waals surface area contributed by atoms with Crippen molar-refractivity contribution < 1.29 is 9.26 Å². The third-order valence-electron chi connectivity index (χ3n) is 3.39. The number of hydrogen-bond acceptors (Lipinski definition) is 5. The van der Waals surface area contributed by atoms with Crippen LogP contribution in [0.15, 0.2) is 45.8 Å². The van der Waals surface area contributed by atoms with Gasteiger partial charge in [0.05, 0.1) is 17.4 Å². The monoisotopic (exact) mass is 310 g/mol. The topological polar surface area (TPSA) is 47.3 Å². The van der Waals surface area contributed by atoms with Crippen molar-refractivity contribution in [2.75, 3.05) is 11.8 Å². The number of aromatic nitrogens is 1. The Kier molecular flexibility index (Phi) is 4.29. The minimum Gasteiger partial charge on any atom is -0.496 e. The lowest BCUT2D eigenvalue weighted by atomic mass is 9.96. The van der Waals surface area contributed by atoms with Crippen LogP contribution in [-0.2, 0) is 6.42 Å². The Morgan fingerprint density at radius 1 is 1.27 bits per heavy atom. The molecule has 0 fully saturated rings. The minimum absolute atomic E-state index is 0.653. The van der Waals surface area contributed by atoms with E-state index in [1.54, 1.807) is 13.2 Å². The molecule has 110 valence electrons. The number of nitrogens with one attached hydrogen (secondary N) is 1. The number of nitrogens with zero attached hydrogens (tertiary/aromatic N) is 1. The van der Waals surface area contributed by atoms with E-state index in [1.165, 1.54) is 17.5 Å². The minimum atomic E-state index is 0.653. The molecular formula is C16H15BN2O2S. The number of benzene rings is 2. The zero-order valence-electron chi connectivity index (χ0n) is 12.4. The summed E-state index contributed by atoms with van der Waals surface area (Å²) in [5, 5.41) is 4.94. The fourth-order valence-corrected chi connectivity index (χ4v) is 2.97. The van der Waals surface area contributed by atoms with E-state index in [-0.39, 0.29) is 0 Å². The van der Waals surface area contributed by atoms with Crippen LogP contribution in [0.4, 0.5) is 5.82 Å². The van der Waals surface area contributed by atoms with Crippen LogP contribution in [0.2, 0.25) is 0 Å². The van der Waals surface area contributed by atoms with Gasteiger partial charge in [-0.25, -0.2) is 0 Å². The first-order chi connectivity index (χ1) is 10.7. The molecule has 0 amide bonds. The molecular weight excluding hydrogens is 295 g/mol. The van der Waals surface area contributed by atoms with E-state index in [0.717, 1.165) is 22.5 Å². The van der Waals surface area contributed by atoms with Gasteiger partial charge in [-0.1, -0.05) is 29.7 Å². The van der Waals surface area contributed by atoms with Crippen LogP contribution in [0.5, 0.6) is 5.75 Å². The molecule has 3 rings (SSSR count). The maximum Gasteiger partial charge on any atom is 0.187 e. The van der Waals surface area contributed by atoms with Gasteiger partial charge in [0, 0.05) is 0 Å². The van der Waals surface area contributed by atoms with Crippen molar-refractivity contribution in [3.63, 3.8) is 0 Å². The number of anilines is 1. The average molecular weight is 310 g/mol. The van der Waals surface area contributed by atoms with Crippen molar-refractivity contribution in [2.24, 2.45) is 0 Å². The molecule has 2 radical (unpaired) electrons. The van der Waals surface area contributed by atoms with Crippen LogP contribution >= 0.6 is 11.9 Å². The second-order valence-corrected chi connectivity index (χ2v) is 5.68. The van der Waals surface area contributed by atoms with E-state index in [9.17, 15) is 0 Å². The number of hydrogen-bond donors (Lipinski definition) is 1. The summed E-state index contributed by atoms with van der Waals surface area (Å²) in [5.74, 6) is 1.50. The Morgan fingerprint density at radius 3 is 2.91 bits per heavy atom. The second-order valence-electron chi connectivity index (χ2n) is 4.83. The van der Waals surface area contributed by atoms with Crippen LogP contribution in [0.3, 0.4) is 0 Å². The first-order valence-corrected chi connectivity index (χ1v) is 7.77. The van der Waals surface area contributed by atoms with Gasteiger partial charge in [0.1, 0.15) is 13.6 Å². The smallest absolute Gasteiger partial charge is 0.187 e. The van der Waals surface area contributed by atoms with E-state index in [0.29, 0.717) is 16.9 Å². The number of aryl methyl sites for hydroxylation is 1. The number of fused-ring (bicyclic) bond motifs is 1. The highest BCUT2D eigenvalue weighted by Gasteiger charge is 2.10. The quantitative estimate of drug-likeness (QED) is 0.579. The molecule has 6 heteroatoms. The van der Waals surface area contributed by atoms with Gasteiger partial charge in [-0.3, -0.25) is 0 Å². The first-order valence-electron chi connectivity index (χ1n) is 6.96. The zero-order chi connectivity index (χ0) is 15.5. The van der Waals surface area contributed by atoms with Crippen LogP contribution < -0.4 is 14.9 Å². The van der Waals surface area contributed by atoms with Gasteiger partial charge < -0.3 is 14.0 Å². The van der Waals surface area contributed by atoms with Gasteiger partial charge >= 0.3 is 0 Å². The summed E-state index contributed by atoms with van der Waals surface area (Å²) in [6.07, 6.45) is 0.976. The largest absolute Gasteiger partial charge is 0.496 e. The standard InChI is InChI=1S/C16H15BN2O2S/c1-3-10-4-7-13(20-2)15(8-10)22-19-16-12-6-5-11(17)9-14(12)21-18-16/h4-9H,3H2,1-2H3,(H,18,19). The van der Waals surface area contributed by atoms with Gasteiger partial charge in [-0.15, -0.1) is 0 Å². The highest BCUT2D eigenvalue weighted by molar-refractivity contribution is 8.00. The molecule has 0 saturated carbocycles. The Labute approximate surface area is 134 Å². The predicted octanol–water partition coefficient (Wildman–Crippen LogP) is 3.31. The fourth-order valence-electron chi connectivity index (χ4n) is 2.15. The molecule has 0 unspecified atom stereocenters. The molecule has 1 N–H and O–H groups in total. The van der Waals surface area contributed by atoms with Crippen molar-refractivity contribution in [3.8, 4) is 5.75 Å². The second kappa shape index (κ2) is 6.36. The van der Waals surface area contributed by atoms with Gasteiger partial charge in [-0.2, -0.15) is 0 Å². The van der Waals surface area contributed by atoms with E-state index >= 15 is 0 Å². The highest BCUT2D eigenvalue weighted by atomic mass is 32.2. The van der Waals surface area contributed by atoms with Crippen molar-refractivity contribution in [2.45, 2.75) is 18.2 Å². The summed E-state index contributed by atoms with van der Waals surface area (Å²) >= 11 is 1.45. The number of methoxy groups -OCH3 is 1. The molecule has 4 nitrogen and oxygen atoms in total. The summed E-state index contributed by atoms with van der Waals surface area (Å²) in [6.45, 7) is 2.12. The van der Waals surface area contributed by atoms with Crippen LogP contribution in [-0.4, -0.2) is 20.1 Å². The van der Waals surface area contributed by atoms with Crippen molar-refractivity contribution in [3.05, 3.63) is 42.0 Å². The molecule has 0 spiro atoms. The van der Waals surface area contributed by atoms with Gasteiger partial charge in [0.15, 0.2) is 11.4 Å². The number of rotatable bonds is 5. The summed E-state index contributed by atoms with van der Waals surface area (Å²) in [6, 6.07) is 11.6. The van der Waals surface area contributed by atoms with E-state index in [1.807, 2.05) is 18.2 Å². The summed E-state index contributed by atoms with van der Waals surface area (Å²) < 4.78 is 13.9. The SMILES string of the molecule is [B]c1ccc2c(NSc3cc(CC)ccc3OC)noc2c1. The van der Waals surface area contributed by atoms with Gasteiger partial charge in [0.2, 0.25) is 0 Å². The Morgan fingerprint density at radius 2 is 2.14 bits per heavy atom. The van der Waals surface area contributed by atoms with Crippen LogP contribution in [0.25, 0.3) is 11.0 Å². The van der Waals surface area contributed by atoms with Crippen LogP contribution in [0, 0.1) is 0 Å². The maximum absolute atomic E-state index is 5.74. The summed E-state index contributed by atoms with van der Waals surface area (Å²) in [4.78, 5) is 1.01. The molecule has 2 aromatic carbocycles. The number of ether oxygens (including phenoxy) is 1. The molecule has 1 heterocycles. The molecule has 0 aliphatic carbocycles.